The molecule has 1 aromatic heterocycles. The van der Waals surface area contributed by atoms with E-state index in [2.05, 4.69) is 26.0 Å². The maximum absolute atomic E-state index is 13.4. The van der Waals surface area contributed by atoms with Crippen molar-refractivity contribution in [3.05, 3.63) is 88.6 Å². The fourth-order valence-electron chi connectivity index (χ4n) is 3.75. The van der Waals surface area contributed by atoms with Crippen LogP contribution in [0.4, 0.5) is 27.8 Å². The van der Waals surface area contributed by atoms with E-state index in [9.17, 15) is 35.2 Å². The van der Waals surface area contributed by atoms with Crippen molar-refractivity contribution >= 4 is 45.3 Å². The Hall–Kier alpha value is -4.15. The molecule has 0 aliphatic carbocycles. The van der Waals surface area contributed by atoms with Crippen LogP contribution in [0.2, 0.25) is 5.02 Å². The molecule has 0 saturated heterocycles. The Labute approximate surface area is 247 Å². The number of alkyl halides is 3. The van der Waals surface area contributed by atoms with Crippen LogP contribution in [0.3, 0.4) is 0 Å². The topological polar surface area (TPSA) is 125 Å². The van der Waals surface area contributed by atoms with Crippen molar-refractivity contribution in [2.75, 3.05) is 25.0 Å². The number of rotatable bonds is 11. The van der Waals surface area contributed by atoms with Crippen LogP contribution in [-0.2, 0) is 25.8 Å². The highest BCUT2D eigenvalue weighted by Gasteiger charge is 2.34. The average Bonchev–Trinajstić information content (AvgIpc) is 3.43. The third-order valence-electron chi connectivity index (χ3n) is 5.93. The van der Waals surface area contributed by atoms with Gasteiger partial charge in [-0.25, -0.2) is 27.6 Å². The Morgan fingerprint density at radius 1 is 1.12 bits per heavy atom. The van der Waals surface area contributed by atoms with E-state index in [4.69, 9.17) is 16.4 Å². The zero-order valence-corrected chi connectivity index (χ0v) is 23.4. The zero-order chi connectivity index (χ0) is 31.2. The van der Waals surface area contributed by atoms with Gasteiger partial charge in [-0.15, -0.1) is 0 Å². The summed E-state index contributed by atoms with van der Waals surface area (Å²) in [5.41, 5.74) is 1.65. The van der Waals surface area contributed by atoms with Crippen molar-refractivity contribution in [1.82, 2.24) is 14.7 Å². The molecule has 43 heavy (non-hydrogen) atoms. The SMILES string of the molecule is O=C(N/N=C\c1ccc(F)cc1)C1=NO[C@@H](CN(CCNc2ncc(C(F)(F)F)cc2Cl)S(=O)(=O)c2ccc(F)cc2)C1. The molecule has 1 aliphatic heterocycles. The minimum atomic E-state index is -4.65. The number of hydrogen-bond donors (Lipinski definition) is 2. The molecule has 228 valence electrons. The molecular formula is C26H22ClF5N6O4S. The zero-order valence-electron chi connectivity index (χ0n) is 21.9. The summed E-state index contributed by atoms with van der Waals surface area (Å²) in [6.45, 7) is -0.686. The van der Waals surface area contributed by atoms with Gasteiger partial charge in [0.05, 0.1) is 28.2 Å². The Bertz CT molecular complexity index is 1620. The monoisotopic (exact) mass is 644 g/mol. The molecule has 0 fully saturated rings. The van der Waals surface area contributed by atoms with Crippen molar-refractivity contribution in [1.29, 1.82) is 0 Å². The number of hydrazone groups is 1. The van der Waals surface area contributed by atoms with E-state index in [0.29, 0.717) is 17.8 Å². The number of sulfonamides is 1. The highest BCUT2D eigenvalue weighted by atomic mass is 35.5. The molecule has 1 atom stereocenters. The standard InChI is InChI=1S/C26H22ClF5N6O4S/c27-22-11-17(26(30,31)32)14-34-24(22)33-9-10-38(43(40,41)21-7-5-19(29)6-8-21)15-20-12-23(37-42-20)25(39)36-35-13-16-1-3-18(28)4-2-16/h1-8,11,13-14,20H,9-10,12,15H2,(H,33,34)(H,36,39)/b35-13-/t20-/m1/s1. The van der Waals surface area contributed by atoms with Crippen LogP contribution >= 0.6 is 11.6 Å². The number of amides is 1. The Morgan fingerprint density at radius 3 is 2.40 bits per heavy atom. The largest absolute Gasteiger partial charge is 0.417 e. The van der Waals surface area contributed by atoms with Crippen LogP contribution in [0.15, 0.2) is 75.9 Å². The molecule has 3 aromatic rings. The summed E-state index contributed by atoms with van der Waals surface area (Å²) in [4.78, 5) is 21.2. The number of aromatic nitrogens is 1. The average molecular weight is 645 g/mol. The molecule has 2 aromatic carbocycles. The minimum absolute atomic E-state index is 0.0701. The highest BCUT2D eigenvalue weighted by molar-refractivity contribution is 7.89. The van der Waals surface area contributed by atoms with Crippen molar-refractivity contribution < 1.29 is 40.0 Å². The lowest BCUT2D eigenvalue weighted by molar-refractivity contribution is -0.137. The third kappa shape index (κ3) is 8.46. The summed E-state index contributed by atoms with van der Waals surface area (Å²) in [6, 6.07) is 10.1. The first kappa shape index (κ1) is 31.8. The maximum atomic E-state index is 13.4. The van der Waals surface area contributed by atoms with Gasteiger partial charge in [0.2, 0.25) is 10.0 Å². The number of oxime groups is 1. The first-order valence-electron chi connectivity index (χ1n) is 12.4. The second-order valence-electron chi connectivity index (χ2n) is 9.02. The quantitative estimate of drug-likeness (QED) is 0.181. The number of pyridine rings is 1. The predicted molar refractivity (Wildman–Crippen MR) is 147 cm³/mol. The number of benzene rings is 2. The van der Waals surface area contributed by atoms with Gasteiger partial charge in [-0.3, -0.25) is 4.79 Å². The summed E-state index contributed by atoms with van der Waals surface area (Å²) < 4.78 is 93.0. The molecule has 2 N–H and O–H groups in total. The van der Waals surface area contributed by atoms with Crippen LogP contribution in [0.5, 0.6) is 0 Å². The third-order valence-corrected chi connectivity index (χ3v) is 8.09. The normalized spacial score (nSPS) is 15.4. The van der Waals surface area contributed by atoms with Crippen LogP contribution in [0.1, 0.15) is 17.5 Å². The number of nitrogens with one attached hydrogen (secondary N) is 2. The van der Waals surface area contributed by atoms with Gasteiger partial charge in [0, 0.05) is 25.7 Å². The molecule has 0 bridgehead atoms. The van der Waals surface area contributed by atoms with E-state index >= 15 is 0 Å². The van der Waals surface area contributed by atoms with Crippen LogP contribution in [0.25, 0.3) is 0 Å². The van der Waals surface area contributed by atoms with Gasteiger partial charge >= 0.3 is 6.18 Å². The lowest BCUT2D eigenvalue weighted by Crippen LogP contribution is -2.41. The molecule has 1 aliphatic rings. The summed E-state index contributed by atoms with van der Waals surface area (Å²) in [5.74, 6) is -1.90. The van der Waals surface area contributed by atoms with Gasteiger partial charge in [0.25, 0.3) is 5.91 Å². The molecular weight excluding hydrogens is 623 g/mol. The van der Waals surface area contributed by atoms with E-state index in [0.717, 1.165) is 28.6 Å². The highest BCUT2D eigenvalue weighted by Crippen LogP contribution is 2.32. The van der Waals surface area contributed by atoms with Crippen LogP contribution in [0, 0.1) is 11.6 Å². The number of hydrogen-bond acceptors (Lipinski definition) is 8. The lowest BCUT2D eigenvalue weighted by Gasteiger charge is -2.24. The maximum Gasteiger partial charge on any atom is 0.417 e. The molecule has 1 amide bonds. The molecule has 2 heterocycles. The molecule has 0 spiro atoms. The van der Waals surface area contributed by atoms with Gasteiger partial charge in [-0.1, -0.05) is 28.9 Å². The van der Waals surface area contributed by atoms with E-state index in [1.165, 1.54) is 30.5 Å². The Kier molecular flexibility index (Phi) is 9.93. The summed E-state index contributed by atoms with van der Waals surface area (Å²) in [6.07, 6.45) is -3.77. The number of halogens is 6. The van der Waals surface area contributed by atoms with Crippen LogP contribution < -0.4 is 10.7 Å². The Morgan fingerprint density at radius 2 is 1.77 bits per heavy atom. The van der Waals surface area contributed by atoms with Gasteiger partial charge in [0.1, 0.15) is 29.3 Å². The molecule has 0 unspecified atom stereocenters. The number of nitrogens with zero attached hydrogens (tertiary/aromatic N) is 4. The van der Waals surface area contributed by atoms with Crippen molar-refractivity contribution in [2.24, 2.45) is 10.3 Å². The minimum Gasteiger partial charge on any atom is -0.390 e. The number of anilines is 1. The van der Waals surface area contributed by atoms with Gasteiger partial charge < -0.3 is 10.2 Å². The molecule has 4 rings (SSSR count). The fraction of sp³-hybridized carbons (Fsp3) is 0.231. The Balaban J connectivity index is 1.41. The van der Waals surface area contributed by atoms with Crippen molar-refractivity contribution in [3.8, 4) is 0 Å². The first-order chi connectivity index (χ1) is 20.3. The summed E-state index contributed by atoms with van der Waals surface area (Å²) in [5, 5.41) is 9.87. The second-order valence-corrected chi connectivity index (χ2v) is 11.4. The number of carbonyl (C=O) groups is 1. The fourth-order valence-corrected chi connectivity index (χ4v) is 5.46. The van der Waals surface area contributed by atoms with E-state index in [1.807, 2.05) is 0 Å². The summed E-state index contributed by atoms with van der Waals surface area (Å²) in [7, 11) is -4.24. The van der Waals surface area contributed by atoms with Crippen LogP contribution in [-0.4, -0.2) is 61.3 Å². The van der Waals surface area contributed by atoms with E-state index < -0.39 is 45.4 Å². The lowest BCUT2D eigenvalue weighted by atomic mass is 10.2. The molecule has 0 saturated carbocycles. The van der Waals surface area contributed by atoms with Gasteiger partial charge in [-0.05, 0) is 48.0 Å². The van der Waals surface area contributed by atoms with Gasteiger partial charge in [-0.2, -0.15) is 22.6 Å². The predicted octanol–water partition coefficient (Wildman–Crippen LogP) is 4.43. The molecule has 17 heteroatoms. The molecule has 0 radical (unpaired) electrons. The van der Waals surface area contributed by atoms with Crippen molar-refractivity contribution in [2.45, 2.75) is 23.6 Å². The molecule has 10 nitrogen and oxygen atoms in total. The smallest absolute Gasteiger partial charge is 0.390 e. The summed E-state index contributed by atoms with van der Waals surface area (Å²) >= 11 is 5.92. The van der Waals surface area contributed by atoms with E-state index in [1.54, 1.807) is 0 Å². The van der Waals surface area contributed by atoms with Gasteiger partial charge in [0.15, 0.2) is 0 Å². The second kappa shape index (κ2) is 13.4. The van der Waals surface area contributed by atoms with E-state index in [-0.39, 0.29) is 47.5 Å². The first-order valence-corrected chi connectivity index (χ1v) is 14.2. The number of carbonyl (C=O) groups excluding carboxylic acids is 1. The van der Waals surface area contributed by atoms with Crippen molar-refractivity contribution in [3.63, 3.8) is 0 Å².